The van der Waals surface area contributed by atoms with Crippen molar-refractivity contribution in [1.82, 2.24) is 0 Å². The van der Waals surface area contributed by atoms with Crippen LogP contribution in [0.4, 0.5) is 8.78 Å². The summed E-state index contributed by atoms with van der Waals surface area (Å²) in [6, 6.07) is 4.05. The van der Waals surface area contributed by atoms with E-state index >= 15 is 0 Å². The molecule has 5 heteroatoms. The van der Waals surface area contributed by atoms with E-state index in [-0.39, 0.29) is 11.5 Å². The van der Waals surface area contributed by atoms with Crippen LogP contribution in [0, 0.1) is 0 Å². The smallest absolute Gasteiger partial charge is 0.387 e. The molecule has 0 fully saturated rings. The van der Waals surface area contributed by atoms with Gasteiger partial charge in [-0.1, -0.05) is 15.9 Å². The van der Waals surface area contributed by atoms with E-state index in [1.165, 1.54) is 18.2 Å². The van der Waals surface area contributed by atoms with Crippen LogP contribution in [-0.2, 0) is 0 Å². The van der Waals surface area contributed by atoms with Crippen LogP contribution >= 0.6 is 15.9 Å². The summed E-state index contributed by atoms with van der Waals surface area (Å²) >= 11 is 3.05. The zero-order valence-electron chi connectivity index (χ0n) is 5.80. The summed E-state index contributed by atoms with van der Waals surface area (Å²) < 4.78 is 27.9. The average molecular weight is 239 g/mol. The first kappa shape index (κ1) is 9.25. The highest BCUT2D eigenvalue weighted by molar-refractivity contribution is 9.10. The van der Waals surface area contributed by atoms with E-state index in [4.69, 9.17) is 5.11 Å². The van der Waals surface area contributed by atoms with E-state index in [2.05, 4.69) is 20.7 Å². The van der Waals surface area contributed by atoms with Crippen molar-refractivity contribution >= 4 is 15.9 Å². The molecule has 0 aromatic heterocycles. The van der Waals surface area contributed by atoms with Crippen molar-refractivity contribution < 1.29 is 18.6 Å². The molecule has 2 nitrogen and oxygen atoms in total. The number of alkyl halides is 2. The lowest BCUT2D eigenvalue weighted by atomic mass is 10.3. The molecule has 1 N–H and O–H groups in total. The minimum atomic E-state index is -2.93. The first-order valence-electron chi connectivity index (χ1n) is 3.03. The minimum Gasteiger partial charge on any atom is -0.504 e. The Morgan fingerprint density at radius 3 is 2.67 bits per heavy atom. The van der Waals surface area contributed by atoms with Crippen LogP contribution in [0.15, 0.2) is 22.7 Å². The van der Waals surface area contributed by atoms with Crippen LogP contribution in [0.5, 0.6) is 11.5 Å². The van der Waals surface area contributed by atoms with Crippen LogP contribution in [-0.4, -0.2) is 11.7 Å². The lowest BCUT2D eigenvalue weighted by molar-refractivity contribution is -0.0512. The Labute approximate surface area is 75.9 Å². The van der Waals surface area contributed by atoms with E-state index in [0.29, 0.717) is 4.47 Å². The molecule has 1 rings (SSSR count). The molecule has 1 aromatic rings. The third-order valence-corrected chi connectivity index (χ3v) is 1.63. The summed E-state index contributed by atoms with van der Waals surface area (Å²) in [5, 5.41) is 9.00. The normalized spacial score (nSPS) is 10.3. The molecule has 12 heavy (non-hydrogen) atoms. The summed E-state index contributed by atoms with van der Waals surface area (Å²) in [7, 11) is 0. The molecule has 0 radical (unpaired) electrons. The molecule has 0 spiro atoms. The largest absolute Gasteiger partial charge is 0.504 e. The van der Waals surface area contributed by atoms with Crippen molar-refractivity contribution in [3.63, 3.8) is 0 Å². The van der Waals surface area contributed by atoms with Crippen molar-refractivity contribution in [2.75, 3.05) is 0 Å². The number of aromatic hydroxyl groups is 1. The lowest BCUT2D eigenvalue weighted by Gasteiger charge is -2.05. The number of hydrogen-bond acceptors (Lipinski definition) is 2. The van der Waals surface area contributed by atoms with E-state index in [0.717, 1.165) is 0 Å². The molecule has 0 atom stereocenters. The second-order valence-electron chi connectivity index (χ2n) is 1.99. The third-order valence-electron chi connectivity index (χ3n) is 1.14. The van der Waals surface area contributed by atoms with Gasteiger partial charge in [-0.2, -0.15) is 8.78 Å². The van der Waals surface area contributed by atoms with Gasteiger partial charge in [0.15, 0.2) is 11.5 Å². The van der Waals surface area contributed by atoms with Crippen LogP contribution in [0.25, 0.3) is 0 Å². The summed E-state index contributed by atoms with van der Waals surface area (Å²) in [4.78, 5) is 0. The fraction of sp³-hybridized carbons (Fsp3) is 0.143. The molecule has 0 unspecified atom stereocenters. The van der Waals surface area contributed by atoms with Crippen molar-refractivity contribution in [3.05, 3.63) is 22.7 Å². The number of phenols is 1. The molecule has 0 heterocycles. The number of benzene rings is 1. The van der Waals surface area contributed by atoms with Gasteiger partial charge in [0.05, 0.1) is 0 Å². The van der Waals surface area contributed by atoms with Gasteiger partial charge in [-0.3, -0.25) is 0 Å². The fourth-order valence-electron chi connectivity index (χ4n) is 0.678. The van der Waals surface area contributed by atoms with Gasteiger partial charge in [0, 0.05) is 4.47 Å². The summed E-state index contributed by atoms with van der Waals surface area (Å²) in [6.07, 6.45) is 0. The van der Waals surface area contributed by atoms with Gasteiger partial charge in [-0.15, -0.1) is 0 Å². The van der Waals surface area contributed by atoms with Crippen LogP contribution in [0.3, 0.4) is 0 Å². The zero-order chi connectivity index (χ0) is 9.14. The first-order chi connectivity index (χ1) is 5.59. The minimum absolute atomic E-state index is 0.237. The standard InChI is InChI=1S/C7H5BrF2O2/c8-4-1-2-5(11)6(3-4)12-7(9)10/h1-3,7,11H. The van der Waals surface area contributed by atoms with Gasteiger partial charge in [-0.25, -0.2) is 0 Å². The van der Waals surface area contributed by atoms with E-state index in [9.17, 15) is 8.78 Å². The Kier molecular flexibility index (Phi) is 2.86. The second-order valence-corrected chi connectivity index (χ2v) is 2.91. The molecule has 66 valence electrons. The van der Waals surface area contributed by atoms with Crippen LogP contribution < -0.4 is 4.74 Å². The van der Waals surface area contributed by atoms with Gasteiger partial charge in [0.2, 0.25) is 0 Å². The second kappa shape index (κ2) is 3.71. The first-order valence-corrected chi connectivity index (χ1v) is 3.82. The average Bonchev–Trinajstić information content (AvgIpc) is 1.96. The van der Waals surface area contributed by atoms with Crippen molar-refractivity contribution in [3.8, 4) is 11.5 Å². The van der Waals surface area contributed by atoms with Crippen molar-refractivity contribution in [1.29, 1.82) is 0 Å². The van der Waals surface area contributed by atoms with Gasteiger partial charge in [-0.05, 0) is 18.2 Å². The molecular weight excluding hydrogens is 234 g/mol. The highest BCUT2D eigenvalue weighted by Gasteiger charge is 2.08. The maximum Gasteiger partial charge on any atom is 0.387 e. The Bertz CT molecular complexity index is 278. The molecule has 0 saturated carbocycles. The van der Waals surface area contributed by atoms with Gasteiger partial charge < -0.3 is 9.84 Å². The van der Waals surface area contributed by atoms with Crippen molar-refractivity contribution in [2.24, 2.45) is 0 Å². The zero-order valence-corrected chi connectivity index (χ0v) is 7.38. The molecule has 0 saturated heterocycles. The molecule has 0 amide bonds. The molecule has 0 aliphatic heterocycles. The number of phenolic OH excluding ortho intramolecular Hbond substituents is 1. The Morgan fingerprint density at radius 1 is 1.42 bits per heavy atom. The predicted molar refractivity (Wildman–Crippen MR) is 42.4 cm³/mol. The Morgan fingerprint density at radius 2 is 2.08 bits per heavy atom. The molecule has 0 bridgehead atoms. The summed E-state index contributed by atoms with van der Waals surface area (Å²) in [5.41, 5.74) is 0. The molecule has 1 aromatic carbocycles. The van der Waals surface area contributed by atoms with Gasteiger partial charge >= 0.3 is 6.61 Å². The van der Waals surface area contributed by atoms with Gasteiger partial charge in [0.25, 0.3) is 0 Å². The molecular formula is C7H5BrF2O2. The monoisotopic (exact) mass is 238 g/mol. The fourth-order valence-corrected chi connectivity index (χ4v) is 1.02. The topological polar surface area (TPSA) is 29.5 Å². The van der Waals surface area contributed by atoms with E-state index < -0.39 is 6.61 Å². The predicted octanol–water partition coefficient (Wildman–Crippen LogP) is 2.76. The lowest BCUT2D eigenvalue weighted by Crippen LogP contribution is -2.01. The highest BCUT2D eigenvalue weighted by atomic mass is 79.9. The highest BCUT2D eigenvalue weighted by Crippen LogP contribution is 2.30. The Balaban J connectivity index is 2.90. The van der Waals surface area contributed by atoms with Gasteiger partial charge in [0.1, 0.15) is 0 Å². The van der Waals surface area contributed by atoms with Crippen LogP contribution in [0.2, 0.25) is 0 Å². The summed E-state index contributed by atoms with van der Waals surface area (Å²) in [6.45, 7) is -2.93. The maximum absolute atomic E-state index is 11.7. The number of rotatable bonds is 2. The number of halogens is 3. The molecule has 0 aliphatic rings. The maximum atomic E-state index is 11.7. The van der Waals surface area contributed by atoms with E-state index in [1.807, 2.05) is 0 Å². The number of hydrogen-bond donors (Lipinski definition) is 1. The summed E-state index contributed by atoms with van der Waals surface area (Å²) in [5.74, 6) is -0.544. The van der Waals surface area contributed by atoms with E-state index in [1.54, 1.807) is 0 Å². The molecule has 0 aliphatic carbocycles. The number of ether oxygens (including phenoxy) is 1. The van der Waals surface area contributed by atoms with Crippen molar-refractivity contribution in [2.45, 2.75) is 6.61 Å². The Hall–Kier alpha value is -0.840. The SMILES string of the molecule is Oc1ccc(Br)cc1OC(F)F. The quantitative estimate of drug-likeness (QED) is 0.859. The third kappa shape index (κ3) is 2.34. The van der Waals surface area contributed by atoms with Crippen LogP contribution in [0.1, 0.15) is 0 Å².